The fourth-order valence-corrected chi connectivity index (χ4v) is 2.31. The average Bonchev–Trinajstić information content (AvgIpc) is 2.53. The number of hydrogen-bond donors (Lipinski definition) is 1. The van der Waals surface area contributed by atoms with Crippen molar-refractivity contribution in [3.05, 3.63) is 29.8 Å². The topological polar surface area (TPSA) is 55.4 Å². The van der Waals surface area contributed by atoms with Crippen LogP contribution in [-0.4, -0.2) is 19.0 Å². The number of hydrogen-bond acceptors (Lipinski definition) is 3. The number of nitrogens with one attached hydrogen (secondary N) is 1. The van der Waals surface area contributed by atoms with Gasteiger partial charge in [-0.25, -0.2) is 4.79 Å². The molecule has 1 N–H and O–H groups in total. The molecule has 0 radical (unpaired) electrons. The zero-order valence-corrected chi connectivity index (χ0v) is 13.7. The van der Waals surface area contributed by atoms with Gasteiger partial charge in [-0.2, -0.15) is 0 Å². The maximum Gasteiger partial charge on any atom is 0.337 e. The molecule has 0 saturated heterocycles. The molecule has 0 aliphatic rings. The average molecular weight is 305 g/mol. The van der Waals surface area contributed by atoms with Gasteiger partial charge >= 0.3 is 5.97 Å². The predicted octanol–water partition coefficient (Wildman–Crippen LogP) is 4.55. The molecular weight excluding hydrogens is 278 g/mol. The maximum absolute atomic E-state index is 11.9. The van der Waals surface area contributed by atoms with Gasteiger partial charge < -0.3 is 10.1 Å². The number of unbranched alkanes of at least 4 members (excludes halogenated alkanes) is 6. The fraction of sp³-hybridized carbons (Fsp3) is 0.556. The zero-order chi connectivity index (χ0) is 16.2. The number of carbonyl (C=O) groups is 2. The van der Waals surface area contributed by atoms with Gasteiger partial charge in [0, 0.05) is 12.1 Å². The Labute approximate surface area is 133 Å². The SMILES string of the molecule is CCCCCCCCCC(=O)Nc1cccc(C(=O)OC)c1. The number of benzene rings is 1. The van der Waals surface area contributed by atoms with E-state index in [-0.39, 0.29) is 5.91 Å². The molecule has 4 heteroatoms. The van der Waals surface area contributed by atoms with Gasteiger partial charge in [0.25, 0.3) is 0 Å². The normalized spacial score (nSPS) is 10.3. The Kier molecular flexibility index (Phi) is 8.96. The standard InChI is InChI=1S/C18H27NO3/c1-3-4-5-6-7-8-9-13-17(20)19-16-12-10-11-15(14-16)18(21)22-2/h10-12,14H,3-9,13H2,1-2H3,(H,19,20). The van der Waals surface area contributed by atoms with Crippen LogP contribution in [0.3, 0.4) is 0 Å². The summed E-state index contributed by atoms with van der Waals surface area (Å²) in [5, 5.41) is 2.83. The van der Waals surface area contributed by atoms with Crippen LogP contribution in [0.15, 0.2) is 24.3 Å². The number of anilines is 1. The Morgan fingerprint density at radius 1 is 1.05 bits per heavy atom. The van der Waals surface area contributed by atoms with E-state index in [1.54, 1.807) is 24.3 Å². The first-order chi connectivity index (χ1) is 10.7. The minimum Gasteiger partial charge on any atom is -0.465 e. The van der Waals surface area contributed by atoms with Crippen LogP contribution in [-0.2, 0) is 9.53 Å². The van der Waals surface area contributed by atoms with E-state index >= 15 is 0 Å². The second-order valence-corrected chi connectivity index (χ2v) is 5.49. The van der Waals surface area contributed by atoms with Crippen molar-refractivity contribution in [1.82, 2.24) is 0 Å². The van der Waals surface area contributed by atoms with E-state index in [0.29, 0.717) is 17.7 Å². The molecular formula is C18H27NO3. The Morgan fingerprint density at radius 3 is 2.41 bits per heavy atom. The van der Waals surface area contributed by atoms with Gasteiger partial charge in [-0.1, -0.05) is 51.5 Å². The summed E-state index contributed by atoms with van der Waals surface area (Å²) in [4.78, 5) is 23.3. The highest BCUT2D eigenvalue weighted by molar-refractivity contribution is 5.94. The third-order valence-electron chi connectivity index (χ3n) is 3.57. The lowest BCUT2D eigenvalue weighted by Crippen LogP contribution is -2.12. The van der Waals surface area contributed by atoms with Crippen molar-refractivity contribution in [2.45, 2.75) is 58.3 Å². The quantitative estimate of drug-likeness (QED) is 0.509. The molecule has 1 aromatic rings. The van der Waals surface area contributed by atoms with Gasteiger partial charge in [-0.3, -0.25) is 4.79 Å². The Morgan fingerprint density at radius 2 is 1.73 bits per heavy atom. The fourth-order valence-electron chi connectivity index (χ4n) is 2.31. The van der Waals surface area contributed by atoms with Crippen LogP contribution in [0.1, 0.15) is 68.6 Å². The van der Waals surface area contributed by atoms with E-state index in [1.165, 1.54) is 39.2 Å². The number of ether oxygens (including phenoxy) is 1. The van der Waals surface area contributed by atoms with E-state index in [1.807, 2.05) is 0 Å². The molecule has 4 nitrogen and oxygen atoms in total. The third-order valence-corrected chi connectivity index (χ3v) is 3.57. The monoisotopic (exact) mass is 305 g/mol. The number of rotatable bonds is 10. The van der Waals surface area contributed by atoms with Crippen molar-refractivity contribution in [2.24, 2.45) is 0 Å². The Bertz CT molecular complexity index is 471. The molecule has 0 aliphatic carbocycles. The van der Waals surface area contributed by atoms with Gasteiger partial charge in [0.15, 0.2) is 0 Å². The summed E-state index contributed by atoms with van der Waals surface area (Å²) in [6, 6.07) is 6.80. The van der Waals surface area contributed by atoms with Crippen LogP contribution in [0.2, 0.25) is 0 Å². The minimum absolute atomic E-state index is 0.00410. The molecule has 0 spiro atoms. The first-order valence-corrected chi connectivity index (χ1v) is 8.15. The Balaban J connectivity index is 2.26. The molecule has 0 aliphatic heterocycles. The van der Waals surface area contributed by atoms with E-state index in [0.717, 1.165) is 12.8 Å². The minimum atomic E-state index is -0.400. The van der Waals surface area contributed by atoms with Gasteiger partial charge in [-0.15, -0.1) is 0 Å². The van der Waals surface area contributed by atoms with Crippen LogP contribution < -0.4 is 5.32 Å². The number of esters is 1. The van der Waals surface area contributed by atoms with Gasteiger partial charge in [-0.05, 0) is 24.6 Å². The van der Waals surface area contributed by atoms with Crippen molar-refractivity contribution in [2.75, 3.05) is 12.4 Å². The lowest BCUT2D eigenvalue weighted by atomic mass is 10.1. The molecule has 0 bridgehead atoms. The summed E-state index contributed by atoms with van der Waals surface area (Å²) in [5.74, 6) is -0.404. The van der Waals surface area contributed by atoms with Crippen LogP contribution in [0.4, 0.5) is 5.69 Å². The number of methoxy groups -OCH3 is 1. The van der Waals surface area contributed by atoms with Crippen molar-refractivity contribution in [1.29, 1.82) is 0 Å². The third kappa shape index (κ3) is 7.25. The van der Waals surface area contributed by atoms with E-state index in [9.17, 15) is 9.59 Å². The van der Waals surface area contributed by atoms with Crippen LogP contribution in [0.5, 0.6) is 0 Å². The molecule has 0 atom stereocenters. The molecule has 0 unspecified atom stereocenters. The summed E-state index contributed by atoms with van der Waals surface area (Å²) in [7, 11) is 1.34. The molecule has 0 fully saturated rings. The highest BCUT2D eigenvalue weighted by Gasteiger charge is 2.07. The van der Waals surface area contributed by atoms with Crippen molar-refractivity contribution < 1.29 is 14.3 Å². The highest BCUT2D eigenvalue weighted by Crippen LogP contribution is 2.13. The molecule has 0 aromatic heterocycles. The van der Waals surface area contributed by atoms with E-state index in [2.05, 4.69) is 17.0 Å². The summed E-state index contributed by atoms with van der Waals surface area (Å²) >= 11 is 0. The zero-order valence-electron chi connectivity index (χ0n) is 13.7. The first kappa shape index (κ1) is 18.2. The molecule has 1 aromatic carbocycles. The molecule has 22 heavy (non-hydrogen) atoms. The first-order valence-electron chi connectivity index (χ1n) is 8.15. The molecule has 1 rings (SSSR count). The van der Waals surface area contributed by atoms with E-state index in [4.69, 9.17) is 0 Å². The lowest BCUT2D eigenvalue weighted by molar-refractivity contribution is -0.116. The van der Waals surface area contributed by atoms with Gasteiger partial charge in [0.05, 0.1) is 12.7 Å². The predicted molar refractivity (Wildman–Crippen MR) is 89.0 cm³/mol. The van der Waals surface area contributed by atoms with Crippen LogP contribution in [0, 0.1) is 0 Å². The largest absolute Gasteiger partial charge is 0.465 e. The molecule has 0 heterocycles. The van der Waals surface area contributed by atoms with E-state index < -0.39 is 5.97 Å². The summed E-state index contributed by atoms with van der Waals surface area (Å²) in [5.41, 5.74) is 1.08. The summed E-state index contributed by atoms with van der Waals surface area (Å²) < 4.78 is 4.66. The number of amides is 1. The summed E-state index contributed by atoms with van der Waals surface area (Å²) in [6.07, 6.45) is 8.85. The summed E-state index contributed by atoms with van der Waals surface area (Å²) in [6.45, 7) is 2.21. The van der Waals surface area contributed by atoms with Crippen molar-refractivity contribution in [3.8, 4) is 0 Å². The molecule has 122 valence electrons. The molecule has 1 amide bonds. The van der Waals surface area contributed by atoms with Crippen LogP contribution in [0.25, 0.3) is 0 Å². The van der Waals surface area contributed by atoms with Gasteiger partial charge in [0.2, 0.25) is 5.91 Å². The van der Waals surface area contributed by atoms with Gasteiger partial charge in [0.1, 0.15) is 0 Å². The number of carbonyl (C=O) groups excluding carboxylic acids is 2. The smallest absolute Gasteiger partial charge is 0.337 e. The van der Waals surface area contributed by atoms with Crippen molar-refractivity contribution >= 4 is 17.6 Å². The Hall–Kier alpha value is -1.84. The second-order valence-electron chi connectivity index (χ2n) is 5.49. The highest BCUT2D eigenvalue weighted by atomic mass is 16.5. The van der Waals surface area contributed by atoms with Crippen molar-refractivity contribution in [3.63, 3.8) is 0 Å². The molecule has 0 saturated carbocycles. The maximum atomic E-state index is 11.9. The second kappa shape index (κ2) is 10.8. The van der Waals surface area contributed by atoms with Crippen LogP contribution >= 0.6 is 0 Å². The lowest BCUT2D eigenvalue weighted by Gasteiger charge is -2.07.